The Bertz CT molecular complexity index is 1150. The zero-order valence-electron chi connectivity index (χ0n) is 20.0. The highest BCUT2D eigenvalue weighted by Crippen LogP contribution is 2.33. The number of anilines is 2. The lowest BCUT2D eigenvalue weighted by molar-refractivity contribution is -0.116. The average Bonchev–Trinajstić information content (AvgIpc) is 2.77. The Hall–Kier alpha value is -3.66. The van der Waals surface area contributed by atoms with Crippen molar-refractivity contribution >= 4 is 41.1 Å². The zero-order valence-corrected chi connectivity index (χ0v) is 20.7. The van der Waals surface area contributed by atoms with E-state index in [1.54, 1.807) is 45.0 Å². The summed E-state index contributed by atoms with van der Waals surface area (Å²) in [5, 5.41) is 16.7. The first kappa shape index (κ1) is 26.0. The van der Waals surface area contributed by atoms with Gasteiger partial charge in [-0.3, -0.25) is 10.1 Å². The first-order valence-corrected chi connectivity index (χ1v) is 11.4. The van der Waals surface area contributed by atoms with E-state index < -0.39 is 23.8 Å². The fourth-order valence-corrected chi connectivity index (χ4v) is 3.60. The molecule has 2 aromatic rings. The Balaban J connectivity index is 2.06. The molecule has 1 aliphatic heterocycles. The molecule has 0 aliphatic carbocycles. The van der Waals surface area contributed by atoms with Gasteiger partial charge in [-0.25, -0.2) is 9.59 Å². The molecule has 2 heterocycles. The molecule has 10 nitrogen and oxygen atoms in total. The third kappa shape index (κ3) is 7.41. The minimum Gasteiger partial charge on any atom is -0.453 e. The van der Waals surface area contributed by atoms with Crippen molar-refractivity contribution in [2.75, 3.05) is 17.7 Å². The Morgan fingerprint density at radius 2 is 1.91 bits per heavy atom. The first-order chi connectivity index (χ1) is 16.6. The lowest BCUT2D eigenvalue weighted by Crippen LogP contribution is -2.35. The van der Waals surface area contributed by atoms with Gasteiger partial charge in [0.1, 0.15) is 5.60 Å². The molecule has 3 amide bonds. The van der Waals surface area contributed by atoms with Crippen LogP contribution in [0.1, 0.15) is 51.6 Å². The van der Waals surface area contributed by atoms with Crippen LogP contribution in [0.3, 0.4) is 0 Å². The van der Waals surface area contributed by atoms with Gasteiger partial charge in [0.05, 0.1) is 24.5 Å². The molecule has 0 spiro atoms. The number of halogens is 1. The molecule has 2 bridgehead atoms. The molecular formula is C24H28ClN5O5. The summed E-state index contributed by atoms with van der Waals surface area (Å²) in [6.07, 6.45) is 3.62. The number of allylic oxidation sites excluding steroid dienone is 1. The number of fused-ring (bicyclic) bond motifs is 4. The number of rotatable bonds is 2. The van der Waals surface area contributed by atoms with E-state index in [9.17, 15) is 14.4 Å². The third-order valence-corrected chi connectivity index (χ3v) is 5.21. The van der Waals surface area contributed by atoms with Crippen LogP contribution >= 0.6 is 11.6 Å². The lowest BCUT2D eigenvalue weighted by atomic mass is 10.0. The van der Waals surface area contributed by atoms with E-state index in [0.29, 0.717) is 41.0 Å². The van der Waals surface area contributed by atoms with Crippen molar-refractivity contribution < 1.29 is 23.9 Å². The van der Waals surface area contributed by atoms with Crippen molar-refractivity contribution in [2.24, 2.45) is 0 Å². The number of hydrogen-bond acceptors (Lipinski definition) is 7. The molecule has 1 atom stereocenters. The molecule has 1 aliphatic rings. The summed E-state index contributed by atoms with van der Waals surface area (Å²) < 4.78 is 10.1. The first-order valence-electron chi connectivity index (χ1n) is 11.0. The number of hydrogen-bond donors (Lipinski definition) is 3. The van der Waals surface area contributed by atoms with Gasteiger partial charge >= 0.3 is 12.2 Å². The zero-order chi connectivity index (χ0) is 25.6. The second-order valence-corrected chi connectivity index (χ2v) is 9.20. The Morgan fingerprint density at radius 3 is 2.63 bits per heavy atom. The van der Waals surface area contributed by atoms with Crippen molar-refractivity contribution in [3.8, 4) is 11.3 Å². The predicted octanol–water partition coefficient (Wildman–Crippen LogP) is 5.22. The summed E-state index contributed by atoms with van der Waals surface area (Å²) in [6.45, 7) is 5.33. The van der Waals surface area contributed by atoms with Gasteiger partial charge in [0.25, 0.3) is 0 Å². The van der Waals surface area contributed by atoms with Crippen molar-refractivity contribution in [2.45, 2.75) is 51.7 Å². The van der Waals surface area contributed by atoms with E-state index in [1.165, 1.54) is 7.11 Å². The quantitative estimate of drug-likeness (QED) is 0.480. The minimum absolute atomic E-state index is 0.132. The number of aromatic nitrogens is 2. The van der Waals surface area contributed by atoms with Gasteiger partial charge in [-0.1, -0.05) is 23.8 Å². The van der Waals surface area contributed by atoms with E-state index in [0.717, 1.165) is 0 Å². The highest BCUT2D eigenvalue weighted by molar-refractivity contribution is 6.30. The molecule has 0 saturated carbocycles. The smallest absolute Gasteiger partial charge is 0.411 e. The van der Waals surface area contributed by atoms with Crippen LogP contribution in [0, 0.1) is 0 Å². The van der Waals surface area contributed by atoms with E-state index in [4.69, 9.17) is 16.3 Å². The van der Waals surface area contributed by atoms with E-state index in [2.05, 4.69) is 30.9 Å². The molecule has 1 aromatic carbocycles. The number of benzene rings is 1. The second kappa shape index (κ2) is 11.2. The third-order valence-electron chi connectivity index (χ3n) is 4.92. The van der Waals surface area contributed by atoms with E-state index >= 15 is 0 Å². The van der Waals surface area contributed by atoms with E-state index in [-0.39, 0.29) is 17.5 Å². The summed E-state index contributed by atoms with van der Waals surface area (Å²) in [7, 11) is 1.26. The molecule has 3 N–H and O–H groups in total. The largest absolute Gasteiger partial charge is 0.453 e. The van der Waals surface area contributed by atoms with Gasteiger partial charge in [-0.15, -0.1) is 10.2 Å². The fourth-order valence-electron chi connectivity index (χ4n) is 3.38. The number of nitrogens with zero attached hydrogens (tertiary/aromatic N) is 2. The number of carbonyl (C=O) groups excluding carboxylic acids is 3. The van der Waals surface area contributed by atoms with Gasteiger partial charge < -0.3 is 20.1 Å². The molecule has 186 valence electrons. The molecule has 3 rings (SSSR count). The average molecular weight is 502 g/mol. The van der Waals surface area contributed by atoms with Crippen LogP contribution in [0.5, 0.6) is 0 Å². The maximum absolute atomic E-state index is 12.6. The molecule has 1 unspecified atom stereocenters. The van der Waals surface area contributed by atoms with Gasteiger partial charge in [0.2, 0.25) is 5.91 Å². The topological polar surface area (TPSA) is 132 Å². The number of methoxy groups -OCH3 is 1. The van der Waals surface area contributed by atoms with E-state index in [1.807, 2.05) is 12.2 Å². The monoisotopic (exact) mass is 501 g/mol. The lowest BCUT2D eigenvalue weighted by Gasteiger charge is -2.24. The number of amides is 3. The van der Waals surface area contributed by atoms with Crippen LogP contribution in [-0.2, 0) is 14.3 Å². The maximum Gasteiger partial charge on any atom is 0.411 e. The standard InChI is InChI=1S/C24H28ClN5O5/c1-24(2,3)35-23(33)28-17-8-6-5-7-9-20(31)27-18-12-14(26-22(32)34-4)10-11-15(18)19-13-16(17)21(25)30-29-19/h5-6,10-13,17H,7-9H2,1-4H3,(H,26,32)(H,27,31)(H,28,33)/b6-5-. The normalized spacial score (nSPS) is 16.8. The van der Waals surface area contributed by atoms with Crippen LogP contribution in [0.4, 0.5) is 21.0 Å². The van der Waals surface area contributed by atoms with Crippen LogP contribution in [-0.4, -0.2) is 41.0 Å². The number of ether oxygens (including phenoxy) is 2. The van der Waals surface area contributed by atoms with Gasteiger partial charge in [-0.05, 0) is 57.9 Å². The van der Waals surface area contributed by atoms with Crippen LogP contribution in [0.2, 0.25) is 5.15 Å². The Morgan fingerprint density at radius 1 is 1.14 bits per heavy atom. The molecule has 1 aromatic heterocycles. The predicted molar refractivity (Wildman–Crippen MR) is 132 cm³/mol. The maximum atomic E-state index is 12.6. The van der Waals surface area contributed by atoms with Crippen LogP contribution in [0.25, 0.3) is 11.3 Å². The molecule has 0 fully saturated rings. The summed E-state index contributed by atoms with van der Waals surface area (Å²) in [4.78, 5) is 36.7. The molecule has 35 heavy (non-hydrogen) atoms. The molecular weight excluding hydrogens is 474 g/mol. The second-order valence-electron chi connectivity index (χ2n) is 8.85. The Kier molecular flexibility index (Phi) is 8.29. The highest BCUT2D eigenvalue weighted by Gasteiger charge is 2.24. The van der Waals surface area contributed by atoms with Crippen LogP contribution < -0.4 is 16.0 Å². The number of nitrogens with one attached hydrogen (secondary N) is 3. The van der Waals surface area contributed by atoms with Crippen LogP contribution in [0.15, 0.2) is 36.4 Å². The SMILES string of the molecule is COC(=O)Nc1ccc2c(c1)NC(=O)CC/C=C\CC(NC(=O)OC(C)(C)C)c1cc-2nnc1Cl. The Labute approximate surface area is 208 Å². The number of alkyl carbamates (subject to hydrolysis) is 1. The van der Waals surface area contributed by atoms with Gasteiger partial charge in [0.15, 0.2) is 5.15 Å². The molecule has 11 heteroatoms. The minimum atomic E-state index is -0.671. The fraction of sp³-hybridized carbons (Fsp3) is 0.375. The summed E-state index contributed by atoms with van der Waals surface area (Å²) >= 11 is 6.39. The van der Waals surface area contributed by atoms with Gasteiger partial charge in [-0.2, -0.15) is 0 Å². The van der Waals surface area contributed by atoms with Gasteiger partial charge in [0, 0.05) is 23.2 Å². The summed E-state index contributed by atoms with van der Waals surface area (Å²) in [5.74, 6) is -0.212. The van der Waals surface area contributed by atoms with Crippen molar-refractivity contribution in [3.05, 3.63) is 47.1 Å². The van der Waals surface area contributed by atoms with Crippen molar-refractivity contribution in [3.63, 3.8) is 0 Å². The highest BCUT2D eigenvalue weighted by atomic mass is 35.5. The summed E-state index contributed by atoms with van der Waals surface area (Å²) in [6, 6.07) is 6.11. The molecule has 0 saturated heterocycles. The number of carbonyl (C=O) groups is 3. The van der Waals surface area contributed by atoms with Crippen molar-refractivity contribution in [1.82, 2.24) is 15.5 Å². The summed E-state index contributed by atoms with van der Waals surface area (Å²) in [5.41, 5.74) is 1.69. The van der Waals surface area contributed by atoms with Crippen molar-refractivity contribution in [1.29, 1.82) is 0 Å². The molecule has 0 radical (unpaired) electrons.